The molecule has 0 unspecified atom stereocenters. The summed E-state index contributed by atoms with van der Waals surface area (Å²) in [7, 11) is 0.247. The van der Waals surface area contributed by atoms with E-state index in [1.165, 1.54) is 39.4 Å². The van der Waals surface area contributed by atoms with E-state index < -0.39 is 28.5 Å². The molecule has 0 saturated heterocycles. The molecule has 156 valence electrons. The molecule has 2 rings (SSSR count). The molecule has 0 aliphatic rings. The number of nitrogens with zero attached hydrogens (tertiary/aromatic N) is 1. The number of esters is 1. The second-order valence-corrected chi connectivity index (χ2v) is 8.87. The summed E-state index contributed by atoms with van der Waals surface area (Å²) in [4.78, 5) is 24.1. The molecule has 1 amide bonds. The molecule has 8 nitrogen and oxygen atoms in total. The molecule has 2 aromatic carbocycles. The van der Waals surface area contributed by atoms with E-state index in [1.54, 1.807) is 12.1 Å². The first kappa shape index (κ1) is 23.0. The number of carbonyl (C=O) groups excluding carboxylic acids is 2. The number of hydrogen-bond acceptors (Lipinski definition) is 6. The van der Waals surface area contributed by atoms with Crippen molar-refractivity contribution in [3.63, 3.8) is 0 Å². The summed E-state index contributed by atoms with van der Waals surface area (Å²) in [6.45, 7) is -0.604. The number of halogens is 2. The zero-order chi connectivity index (χ0) is 21.8. The molecule has 0 aliphatic heterocycles. The number of sulfonamides is 1. The van der Waals surface area contributed by atoms with Gasteiger partial charge in [0.25, 0.3) is 5.91 Å². The van der Waals surface area contributed by atoms with Gasteiger partial charge in [0.05, 0.1) is 23.4 Å². The summed E-state index contributed by atoms with van der Waals surface area (Å²) in [6.07, 6.45) is 0. The van der Waals surface area contributed by atoms with E-state index >= 15 is 0 Å². The molecule has 1 N–H and O–H groups in total. The van der Waals surface area contributed by atoms with Gasteiger partial charge in [-0.3, -0.25) is 4.79 Å². The molecule has 0 bridgehead atoms. The second kappa shape index (κ2) is 9.45. The van der Waals surface area contributed by atoms with Crippen LogP contribution in [0.2, 0.25) is 10.0 Å². The van der Waals surface area contributed by atoms with Crippen LogP contribution in [-0.4, -0.2) is 52.4 Å². The van der Waals surface area contributed by atoms with Crippen LogP contribution in [0.25, 0.3) is 0 Å². The standard InChI is InChI=1S/C18H18Cl2N2O6S/c1-22(2)29(25,26)16-8-11(4-6-13(16)20)18(24)28-10-17(23)21-14-9-12(19)5-7-15(14)27-3/h4-9H,10H2,1-3H3,(H,21,23). The van der Waals surface area contributed by atoms with Crippen LogP contribution in [0.1, 0.15) is 10.4 Å². The predicted molar refractivity (Wildman–Crippen MR) is 109 cm³/mol. The van der Waals surface area contributed by atoms with Crippen molar-refractivity contribution >= 4 is 50.8 Å². The first-order valence-corrected chi connectivity index (χ1v) is 10.3. The van der Waals surface area contributed by atoms with Crippen LogP contribution in [0, 0.1) is 0 Å². The predicted octanol–water partition coefficient (Wildman–Crippen LogP) is 3.05. The SMILES string of the molecule is COc1ccc(Cl)cc1NC(=O)COC(=O)c1ccc(Cl)c(S(=O)(=O)N(C)C)c1. The molecule has 0 fully saturated rings. The van der Waals surface area contributed by atoms with E-state index in [2.05, 4.69) is 5.32 Å². The van der Waals surface area contributed by atoms with Crippen molar-refractivity contribution in [1.29, 1.82) is 0 Å². The maximum absolute atomic E-state index is 12.3. The number of ether oxygens (including phenoxy) is 2. The van der Waals surface area contributed by atoms with Crippen LogP contribution < -0.4 is 10.1 Å². The highest BCUT2D eigenvalue weighted by Crippen LogP contribution is 2.28. The number of methoxy groups -OCH3 is 1. The molecule has 0 aromatic heterocycles. The van der Waals surface area contributed by atoms with Crippen molar-refractivity contribution < 1.29 is 27.5 Å². The Morgan fingerprint density at radius 2 is 1.79 bits per heavy atom. The Bertz CT molecular complexity index is 1040. The quantitative estimate of drug-likeness (QED) is 0.636. The summed E-state index contributed by atoms with van der Waals surface area (Å²) in [5, 5.41) is 2.86. The first-order valence-electron chi connectivity index (χ1n) is 8.09. The van der Waals surface area contributed by atoms with Crippen molar-refractivity contribution in [2.45, 2.75) is 4.90 Å². The zero-order valence-corrected chi connectivity index (χ0v) is 18.1. The van der Waals surface area contributed by atoms with Crippen molar-refractivity contribution in [2.24, 2.45) is 0 Å². The fraction of sp³-hybridized carbons (Fsp3) is 0.222. The minimum absolute atomic E-state index is 0.0407. The Morgan fingerprint density at radius 1 is 1.10 bits per heavy atom. The molecule has 11 heteroatoms. The van der Waals surface area contributed by atoms with Gasteiger partial charge >= 0.3 is 5.97 Å². The van der Waals surface area contributed by atoms with Crippen LogP contribution in [0.5, 0.6) is 5.75 Å². The lowest BCUT2D eigenvalue weighted by atomic mass is 10.2. The number of carbonyl (C=O) groups is 2. The van der Waals surface area contributed by atoms with E-state index in [1.807, 2.05) is 0 Å². The van der Waals surface area contributed by atoms with Gasteiger partial charge in [-0.15, -0.1) is 0 Å². The highest BCUT2D eigenvalue weighted by Gasteiger charge is 2.23. The molecular formula is C18H18Cl2N2O6S. The number of nitrogens with one attached hydrogen (secondary N) is 1. The number of hydrogen-bond donors (Lipinski definition) is 1. The van der Waals surface area contributed by atoms with E-state index in [4.69, 9.17) is 32.7 Å². The maximum Gasteiger partial charge on any atom is 0.338 e. The Kier molecular flexibility index (Phi) is 7.48. The lowest BCUT2D eigenvalue weighted by molar-refractivity contribution is -0.119. The van der Waals surface area contributed by atoms with E-state index in [-0.39, 0.29) is 15.5 Å². The maximum atomic E-state index is 12.3. The topological polar surface area (TPSA) is 102 Å². The Hall–Kier alpha value is -2.33. The highest BCUT2D eigenvalue weighted by atomic mass is 35.5. The third-order valence-corrected chi connectivity index (χ3v) is 6.23. The first-order chi connectivity index (χ1) is 13.6. The third kappa shape index (κ3) is 5.60. The molecule has 0 heterocycles. The summed E-state index contributed by atoms with van der Waals surface area (Å²) < 4.78 is 35.6. The van der Waals surface area contributed by atoms with Crippen LogP contribution in [-0.2, 0) is 19.6 Å². The van der Waals surface area contributed by atoms with Gasteiger partial charge in [-0.2, -0.15) is 0 Å². The lowest BCUT2D eigenvalue weighted by Crippen LogP contribution is -2.23. The number of amides is 1. The molecular weight excluding hydrogens is 443 g/mol. The molecule has 29 heavy (non-hydrogen) atoms. The second-order valence-electron chi connectivity index (χ2n) is 5.90. The van der Waals surface area contributed by atoms with Gasteiger partial charge in [0.2, 0.25) is 10.0 Å². The summed E-state index contributed by atoms with van der Waals surface area (Å²) in [5.74, 6) is -1.13. The molecule has 2 aromatic rings. The van der Waals surface area contributed by atoms with Crippen LogP contribution in [0.15, 0.2) is 41.3 Å². The van der Waals surface area contributed by atoms with Gasteiger partial charge in [-0.1, -0.05) is 23.2 Å². The zero-order valence-electron chi connectivity index (χ0n) is 15.7. The fourth-order valence-corrected chi connectivity index (χ4v) is 3.77. The van der Waals surface area contributed by atoms with Gasteiger partial charge in [-0.05, 0) is 36.4 Å². The Labute approximate surface area is 178 Å². The highest BCUT2D eigenvalue weighted by molar-refractivity contribution is 7.89. The van der Waals surface area contributed by atoms with Crippen molar-refractivity contribution in [3.05, 3.63) is 52.0 Å². The number of benzene rings is 2. The lowest BCUT2D eigenvalue weighted by Gasteiger charge is -2.14. The van der Waals surface area contributed by atoms with E-state index in [9.17, 15) is 18.0 Å². The summed E-state index contributed by atoms with van der Waals surface area (Å²) in [5.41, 5.74) is 0.245. The average molecular weight is 461 g/mol. The fourth-order valence-electron chi connectivity index (χ4n) is 2.20. The smallest absolute Gasteiger partial charge is 0.338 e. The number of rotatable bonds is 7. The van der Waals surface area contributed by atoms with Crippen molar-refractivity contribution in [3.8, 4) is 5.75 Å². The van der Waals surface area contributed by atoms with Crippen LogP contribution >= 0.6 is 23.2 Å². The van der Waals surface area contributed by atoms with E-state index in [0.29, 0.717) is 16.5 Å². The summed E-state index contributed by atoms with van der Waals surface area (Å²) >= 11 is 11.8. The molecule has 0 radical (unpaired) electrons. The Morgan fingerprint density at radius 3 is 2.41 bits per heavy atom. The van der Waals surface area contributed by atoms with Crippen LogP contribution in [0.4, 0.5) is 5.69 Å². The number of anilines is 1. The van der Waals surface area contributed by atoms with E-state index in [0.717, 1.165) is 10.4 Å². The Balaban J connectivity index is 2.10. The van der Waals surface area contributed by atoms with Crippen LogP contribution in [0.3, 0.4) is 0 Å². The van der Waals surface area contributed by atoms with Crippen molar-refractivity contribution in [1.82, 2.24) is 4.31 Å². The molecule has 0 aliphatic carbocycles. The third-order valence-electron chi connectivity index (χ3n) is 3.70. The molecule has 0 spiro atoms. The van der Waals surface area contributed by atoms with Gasteiger partial charge in [0.15, 0.2) is 6.61 Å². The molecule has 0 atom stereocenters. The minimum Gasteiger partial charge on any atom is -0.495 e. The van der Waals surface area contributed by atoms with Gasteiger partial charge in [-0.25, -0.2) is 17.5 Å². The largest absolute Gasteiger partial charge is 0.495 e. The average Bonchev–Trinajstić information content (AvgIpc) is 2.66. The van der Waals surface area contributed by atoms with Gasteiger partial charge in [0.1, 0.15) is 10.6 Å². The molecule has 0 saturated carbocycles. The van der Waals surface area contributed by atoms with Gasteiger partial charge in [0, 0.05) is 19.1 Å². The summed E-state index contributed by atoms with van der Waals surface area (Å²) in [6, 6.07) is 8.32. The minimum atomic E-state index is -3.86. The monoisotopic (exact) mass is 460 g/mol. The van der Waals surface area contributed by atoms with Gasteiger partial charge < -0.3 is 14.8 Å². The normalized spacial score (nSPS) is 11.2. The van der Waals surface area contributed by atoms with Crippen molar-refractivity contribution in [2.75, 3.05) is 33.1 Å².